The van der Waals surface area contributed by atoms with Crippen LogP contribution < -0.4 is 0 Å². The van der Waals surface area contributed by atoms with E-state index in [0.29, 0.717) is 5.57 Å². The minimum atomic E-state index is -1.85. The van der Waals surface area contributed by atoms with E-state index >= 15 is 0 Å². The molecule has 1 aliphatic heterocycles. The maximum atomic E-state index is 10.7. The number of carbonyl (C=O) groups excluding carboxylic acids is 2. The third kappa shape index (κ3) is 1.79. The summed E-state index contributed by atoms with van der Waals surface area (Å²) in [7, 11) is 0. The Morgan fingerprint density at radius 3 is 2.80 bits per heavy atom. The standard InChI is InChI=1S/C5H6O4.Pb/c1-3(5(8)9)2-4(6)7;/h2H,1H3,(H,6,7)(H,8,9);/q;+2/p-2. The third-order valence-corrected chi connectivity index (χ3v) is 3.08. The SMILES string of the molecule is CC1=CC(=O)[O][Pb][O]C1=O. The van der Waals surface area contributed by atoms with Crippen molar-refractivity contribution in [3.05, 3.63) is 11.6 Å². The maximum absolute atomic E-state index is 10.7. The van der Waals surface area contributed by atoms with Crippen molar-refractivity contribution < 1.29 is 15.0 Å². The van der Waals surface area contributed by atoms with Crippen molar-refractivity contribution in [1.82, 2.24) is 0 Å². The normalized spacial score (nSPS) is 18.7. The van der Waals surface area contributed by atoms with Gasteiger partial charge in [-0.05, 0) is 0 Å². The molecule has 0 atom stereocenters. The quantitative estimate of drug-likeness (QED) is 0.564. The third-order valence-electron chi connectivity index (χ3n) is 0.933. The number of carbonyl (C=O) groups is 2. The fourth-order valence-electron chi connectivity index (χ4n) is 0.445. The number of hydrogen-bond acceptors (Lipinski definition) is 4. The van der Waals surface area contributed by atoms with Gasteiger partial charge in [0.1, 0.15) is 0 Å². The second-order valence-electron chi connectivity index (χ2n) is 1.72. The minimum absolute atomic E-state index is 0.315. The average Bonchev–Trinajstić information content (AvgIpc) is 1.96. The Labute approximate surface area is 70.7 Å². The second-order valence-corrected chi connectivity index (χ2v) is 3.96. The van der Waals surface area contributed by atoms with Crippen LogP contribution in [-0.2, 0) is 15.0 Å². The first-order valence-electron chi connectivity index (χ1n) is 2.55. The predicted molar refractivity (Wildman–Crippen MR) is 31.7 cm³/mol. The molecule has 1 aliphatic rings. The van der Waals surface area contributed by atoms with Gasteiger partial charge < -0.3 is 0 Å². The van der Waals surface area contributed by atoms with Crippen LogP contribution in [0.15, 0.2) is 11.6 Å². The summed E-state index contributed by atoms with van der Waals surface area (Å²) in [6.45, 7) is 1.53. The molecule has 0 saturated heterocycles. The zero-order valence-electron chi connectivity index (χ0n) is 5.21. The molecule has 5 heteroatoms. The Bertz CT molecular complexity index is 208. The van der Waals surface area contributed by atoms with E-state index in [2.05, 4.69) is 5.37 Å². The van der Waals surface area contributed by atoms with Gasteiger partial charge in [-0.15, -0.1) is 0 Å². The molecule has 0 aromatic rings. The zero-order valence-corrected chi connectivity index (χ0v) is 9.10. The molecule has 10 heavy (non-hydrogen) atoms. The van der Waals surface area contributed by atoms with Crippen LogP contribution in [0.4, 0.5) is 0 Å². The van der Waals surface area contributed by atoms with Crippen LogP contribution >= 0.6 is 0 Å². The molecule has 0 saturated carbocycles. The van der Waals surface area contributed by atoms with Crippen molar-refractivity contribution in [1.29, 1.82) is 0 Å². The van der Waals surface area contributed by atoms with Crippen LogP contribution in [0.3, 0.4) is 0 Å². The van der Waals surface area contributed by atoms with Crippen LogP contribution in [0.5, 0.6) is 0 Å². The zero-order chi connectivity index (χ0) is 7.56. The van der Waals surface area contributed by atoms with Gasteiger partial charge in [0, 0.05) is 0 Å². The number of hydrogen-bond donors (Lipinski definition) is 0. The Balaban J connectivity index is 2.80. The van der Waals surface area contributed by atoms with Crippen molar-refractivity contribution in [2.75, 3.05) is 0 Å². The molecular formula is C5H4O4Pb. The van der Waals surface area contributed by atoms with E-state index < -0.39 is 37.1 Å². The molecule has 0 unspecified atom stereocenters. The van der Waals surface area contributed by atoms with Crippen LogP contribution in [0.2, 0.25) is 0 Å². The van der Waals surface area contributed by atoms with Crippen molar-refractivity contribution in [3.8, 4) is 0 Å². The summed E-state index contributed by atoms with van der Waals surface area (Å²) in [5, 5.41) is 0. The molecule has 0 fully saturated rings. The van der Waals surface area contributed by atoms with E-state index in [9.17, 15) is 9.59 Å². The van der Waals surface area contributed by atoms with Gasteiger partial charge in [0.05, 0.1) is 0 Å². The summed E-state index contributed by atoms with van der Waals surface area (Å²) in [5.41, 5.74) is 0.315. The van der Waals surface area contributed by atoms with Crippen molar-refractivity contribution in [2.24, 2.45) is 0 Å². The van der Waals surface area contributed by atoms with Gasteiger partial charge in [-0.1, -0.05) is 0 Å². The topological polar surface area (TPSA) is 52.6 Å². The molecule has 0 spiro atoms. The molecule has 0 bridgehead atoms. The Kier molecular flexibility index (Phi) is 2.41. The summed E-state index contributed by atoms with van der Waals surface area (Å²) < 4.78 is 9.21. The van der Waals surface area contributed by atoms with Crippen molar-refractivity contribution in [3.63, 3.8) is 0 Å². The van der Waals surface area contributed by atoms with E-state index in [4.69, 9.17) is 0 Å². The summed E-state index contributed by atoms with van der Waals surface area (Å²) in [6.07, 6.45) is 1.16. The van der Waals surface area contributed by atoms with Gasteiger partial charge in [0.2, 0.25) is 0 Å². The van der Waals surface area contributed by atoms with Gasteiger partial charge >= 0.3 is 70.6 Å². The van der Waals surface area contributed by atoms with Gasteiger partial charge in [0.25, 0.3) is 0 Å². The van der Waals surface area contributed by atoms with Gasteiger partial charge in [-0.3, -0.25) is 0 Å². The average molecular weight is 335 g/mol. The molecular weight excluding hydrogens is 331 g/mol. The summed E-state index contributed by atoms with van der Waals surface area (Å²) in [6, 6.07) is 0. The number of rotatable bonds is 0. The van der Waals surface area contributed by atoms with Crippen LogP contribution in [-0.4, -0.2) is 37.1 Å². The van der Waals surface area contributed by atoms with Crippen LogP contribution in [0.1, 0.15) is 6.92 Å². The fraction of sp³-hybridized carbons (Fsp3) is 0.200. The monoisotopic (exact) mass is 336 g/mol. The molecule has 0 aliphatic carbocycles. The predicted octanol–water partition coefficient (Wildman–Crippen LogP) is -0.433. The Morgan fingerprint density at radius 1 is 1.40 bits per heavy atom. The van der Waals surface area contributed by atoms with E-state index in [1.807, 2.05) is 0 Å². The molecule has 1 rings (SSSR count). The molecule has 4 nitrogen and oxygen atoms in total. The summed E-state index contributed by atoms with van der Waals surface area (Å²) in [4.78, 5) is 21.2. The molecule has 0 amide bonds. The first-order chi connectivity index (χ1) is 4.70. The fourth-order valence-corrected chi connectivity index (χ4v) is 2.08. The molecule has 2 radical (unpaired) electrons. The first kappa shape index (κ1) is 7.71. The Morgan fingerprint density at radius 2 is 2.10 bits per heavy atom. The van der Waals surface area contributed by atoms with E-state index in [1.54, 1.807) is 0 Å². The molecule has 0 aromatic heterocycles. The first-order valence-corrected chi connectivity index (χ1v) is 5.73. The van der Waals surface area contributed by atoms with Gasteiger partial charge in [-0.25, -0.2) is 0 Å². The molecule has 1 heterocycles. The second kappa shape index (κ2) is 3.13. The van der Waals surface area contributed by atoms with Crippen LogP contribution in [0.25, 0.3) is 0 Å². The van der Waals surface area contributed by atoms with E-state index in [0.717, 1.165) is 6.08 Å². The summed E-state index contributed by atoms with van der Waals surface area (Å²) >= 11 is -1.85. The van der Waals surface area contributed by atoms with Gasteiger partial charge in [0.15, 0.2) is 0 Å². The Hall–Kier alpha value is -0.398. The van der Waals surface area contributed by atoms with Crippen molar-refractivity contribution in [2.45, 2.75) is 6.92 Å². The van der Waals surface area contributed by atoms with E-state index in [1.165, 1.54) is 6.92 Å². The molecule has 0 N–H and O–H groups in total. The summed E-state index contributed by atoms with van der Waals surface area (Å²) in [5.74, 6) is -0.874. The van der Waals surface area contributed by atoms with E-state index in [-0.39, 0.29) is 0 Å². The molecule has 52 valence electrons. The molecule has 0 aromatic carbocycles. The van der Waals surface area contributed by atoms with Crippen molar-refractivity contribution >= 4 is 37.1 Å². The van der Waals surface area contributed by atoms with Gasteiger partial charge in [-0.2, -0.15) is 0 Å². The van der Waals surface area contributed by atoms with Crippen LogP contribution in [0, 0.1) is 0 Å².